The van der Waals surface area contributed by atoms with E-state index < -0.39 is 6.10 Å². The van der Waals surface area contributed by atoms with E-state index in [4.69, 9.17) is 9.47 Å². The number of benzene rings is 1. The molecular weight excluding hydrogens is 230 g/mol. The van der Waals surface area contributed by atoms with E-state index >= 15 is 0 Å². The maximum absolute atomic E-state index is 12.2. The second kappa shape index (κ2) is 4.72. The highest BCUT2D eigenvalue weighted by Gasteiger charge is 2.28. The van der Waals surface area contributed by atoms with Crippen LogP contribution in [0.15, 0.2) is 36.1 Å². The lowest BCUT2D eigenvalue weighted by atomic mass is 10.0. The average molecular weight is 245 g/mol. The van der Waals surface area contributed by atoms with Crippen LogP contribution in [0, 0.1) is 0 Å². The van der Waals surface area contributed by atoms with Crippen molar-refractivity contribution < 1.29 is 14.3 Å². The first-order chi connectivity index (χ1) is 8.84. The lowest BCUT2D eigenvalue weighted by molar-refractivity contribution is -0.122. The Morgan fingerprint density at radius 3 is 3.06 bits per heavy atom. The predicted molar refractivity (Wildman–Crippen MR) is 67.6 cm³/mol. The van der Waals surface area contributed by atoms with Crippen molar-refractivity contribution in [1.29, 1.82) is 0 Å². The third-order valence-electron chi connectivity index (χ3n) is 3.18. The van der Waals surface area contributed by atoms with E-state index in [-0.39, 0.29) is 5.78 Å². The van der Waals surface area contributed by atoms with E-state index in [0.717, 1.165) is 29.9 Å². The fraction of sp³-hybridized carbons (Fsp3) is 0.357. The van der Waals surface area contributed by atoms with Crippen LogP contribution < -0.4 is 10.1 Å². The summed E-state index contributed by atoms with van der Waals surface area (Å²) < 4.78 is 10.9. The van der Waals surface area contributed by atoms with Crippen molar-refractivity contribution in [2.75, 3.05) is 18.5 Å². The fourth-order valence-corrected chi connectivity index (χ4v) is 2.21. The number of rotatable bonds is 2. The zero-order valence-corrected chi connectivity index (χ0v) is 10.0. The first kappa shape index (κ1) is 11.1. The van der Waals surface area contributed by atoms with E-state index in [1.54, 1.807) is 6.26 Å². The van der Waals surface area contributed by atoms with Crippen LogP contribution in [0.3, 0.4) is 0 Å². The van der Waals surface area contributed by atoms with Crippen molar-refractivity contribution in [3.8, 4) is 5.75 Å². The summed E-state index contributed by atoms with van der Waals surface area (Å²) in [4.78, 5) is 12.2. The molecule has 0 spiro atoms. The molecule has 3 rings (SSSR count). The molecular formula is C14H15NO3. The van der Waals surface area contributed by atoms with Gasteiger partial charge in [0, 0.05) is 5.57 Å². The smallest absolute Gasteiger partial charge is 0.204 e. The number of ketones is 1. The molecule has 0 fully saturated rings. The first-order valence-corrected chi connectivity index (χ1v) is 6.19. The molecule has 0 bridgehead atoms. The minimum atomic E-state index is -0.451. The van der Waals surface area contributed by atoms with Crippen molar-refractivity contribution in [2.24, 2.45) is 0 Å². The lowest BCUT2D eigenvalue weighted by Crippen LogP contribution is -2.38. The number of carbonyl (C=O) groups excluding carboxylic acids is 1. The summed E-state index contributed by atoms with van der Waals surface area (Å²) >= 11 is 0. The van der Waals surface area contributed by atoms with Gasteiger partial charge < -0.3 is 14.8 Å². The largest absolute Gasteiger partial charge is 0.501 e. The molecule has 0 saturated carbocycles. The second-order valence-electron chi connectivity index (χ2n) is 4.47. The number of para-hydroxylation sites is 2. The summed E-state index contributed by atoms with van der Waals surface area (Å²) in [5.74, 6) is 0.760. The Morgan fingerprint density at radius 2 is 2.22 bits per heavy atom. The third-order valence-corrected chi connectivity index (χ3v) is 3.18. The van der Waals surface area contributed by atoms with Gasteiger partial charge in [0.15, 0.2) is 6.10 Å². The summed E-state index contributed by atoms with van der Waals surface area (Å²) in [7, 11) is 0. The molecule has 1 N–H and O–H groups in total. The minimum absolute atomic E-state index is 0.0247. The molecule has 0 radical (unpaired) electrons. The normalized spacial score (nSPS) is 21.8. The highest BCUT2D eigenvalue weighted by Crippen LogP contribution is 2.29. The number of carbonyl (C=O) groups is 1. The van der Waals surface area contributed by atoms with Crippen LogP contribution in [0.5, 0.6) is 5.75 Å². The molecule has 18 heavy (non-hydrogen) atoms. The van der Waals surface area contributed by atoms with Gasteiger partial charge in [-0.25, -0.2) is 0 Å². The fourth-order valence-electron chi connectivity index (χ4n) is 2.21. The van der Waals surface area contributed by atoms with E-state index in [0.29, 0.717) is 13.2 Å². The van der Waals surface area contributed by atoms with Gasteiger partial charge in [-0.1, -0.05) is 12.1 Å². The summed E-state index contributed by atoms with van der Waals surface area (Å²) in [6.45, 7) is 1.20. The Bertz CT molecular complexity index is 496. The SMILES string of the molecule is O=C(C1=COCCC1)C1CNc2ccccc2O1. The Labute approximate surface area is 106 Å². The minimum Gasteiger partial charge on any atom is -0.501 e. The number of nitrogens with one attached hydrogen (secondary N) is 1. The van der Waals surface area contributed by atoms with Gasteiger partial charge in [0.1, 0.15) is 5.75 Å². The maximum atomic E-state index is 12.2. The number of fused-ring (bicyclic) bond motifs is 1. The van der Waals surface area contributed by atoms with Crippen LogP contribution in [0.1, 0.15) is 12.8 Å². The zero-order valence-electron chi connectivity index (χ0n) is 10.0. The highest BCUT2D eigenvalue weighted by atomic mass is 16.5. The molecule has 0 saturated heterocycles. The van der Waals surface area contributed by atoms with Crippen molar-refractivity contribution in [3.05, 3.63) is 36.1 Å². The van der Waals surface area contributed by atoms with E-state index in [2.05, 4.69) is 5.32 Å². The Balaban J connectivity index is 1.75. The zero-order chi connectivity index (χ0) is 12.4. The summed E-state index contributed by atoms with van der Waals surface area (Å²) in [5, 5.41) is 3.22. The van der Waals surface area contributed by atoms with Gasteiger partial charge in [-0.15, -0.1) is 0 Å². The van der Waals surface area contributed by atoms with Gasteiger partial charge >= 0.3 is 0 Å². The lowest BCUT2D eigenvalue weighted by Gasteiger charge is -2.27. The van der Waals surface area contributed by atoms with Crippen LogP contribution in [-0.2, 0) is 9.53 Å². The van der Waals surface area contributed by atoms with Crippen LogP contribution in [0.25, 0.3) is 0 Å². The molecule has 94 valence electrons. The summed E-state index contributed by atoms with van der Waals surface area (Å²) in [5.41, 5.74) is 1.67. The molecule has 0 amide bonds. The van der Waals surface area contributed by atoms with Gasteiger partial charge in [-0.05, 0) is 25.0 Å². The molecule has 2 aliphatic rings. The topological polar surface area (TPSA) is 47.6 Å². The molecule has 1 aromatic rings. The number of anilines is 1. The molecule has 0 aromatic heterocycles. The number of Topliss-reactive ketones (excluding diaryl/α,β-unsaturated/α-hetero) is 1. The Morgan fingerprint density at radius 1 is 1.33 bits per heavy atom. The standard InChI is InChI=1S/C14H15NO3/c16-14(10-4-3-7-17-9-10)13-8-15-11-5-1-2-6-12(11)18-13/h1-2,5-6,9,13,15H,3-4,7-8H2. The highest BCUT2D eigenvalue weighted by molar-refractivity contribution is 5.99. The quantitative estimate of drug-likeness (QED) is 0.867. The monoisotopic (exact) mass is 245 g/mol. The number of hydrogen-bond acceptors (Lipinski definition) is 4. The first-order valence-electron chi connectivity index (χ1n) is 6.19. The van der Waals surface area contributed by atoms with Gasteiger partial charge in [0.2, 0.25) is 5.78 Å². The average Bonchev–Trinajstić information content (AvgIpc) is 2.47. The van der Waals surface area contributed by atoms with Crippen molar-refractivity contribution in [1.82, 2.24) is 0 Å². The van der Waals surface area contributed by atoms with Gasteiger partial charge in [0.25, 0.3) is 0 Å². The van der Waals surface area contributed by atoms with E-state index in [1.165, 1.54) is 0 Å². The van der Waals surface area contributed by atoms with Gasteiger partial charge in [-0.3, -0.25) is 4.79 Å². The second-order valence-corrected chi connectivity index (χ2v) is 4.47. The van der Waals surface area contributed by atoms with Crippen molar-refractivity contribution in [2.45, 2.75) is 18.9 Å². The van der Waals surface area contributed by atoms with Crippen LogP contribution in [-0.4, -0.2) is 25.0 Å². The van der Waals surface area contributed by atoms with Crippen molar-refractivity contribution in [3.63, 3.8) is 0 Å². The molecule has 1 unspecified atom stereocenters. The predicted octanol–water partition coefficient (Wildman–Crippen LogP) is 2.12. The summed E-state index contributed by atoms with van der Waals surface area (Å²) in [6.07, 6.45) is 2.80. The Hall–Kier alpha value is -1.97. The molecule has 1 atom stereocenters. The van der Waals surface area contributed by atoms with Gasteiger partial charge in [-0.2, -0.15) is 0 Å². The van der Waals surface area contributed by atoms with Crippen LogP contribution >= 0.6 is 0 Å². The number of hydrogen-bond donors (Lipinski definition) is 1. The number of ether oxygens (including phenoxy) is 2. The maximum Gasteiger partial charge on any atom is 0.204 e. The molecule has 4 heteroatoms. The van der Waals surface area contributed by atoms with Gasteiger partial charge in [0.05, 0.1) is 25.1 Å². The molecule has 2 aliphatic heterocycles. The molecule has 1 aromatic carbocycles. The van der Waals surface area contributed by atoms with E-state index in [9.17, 15) is 4.79 Å². The molecule has 2 heterocycles. The molecule has 4 nitrogen and oxygen atoms in total. The van der Waals surface area contributed by atoms with Crippen LogP contribution in [0.4, 0.5) is 5.69 Å². The summed E-state index contributed by atoms with van der Waals surface area (Å²) in [6, 6.07) is 7.65. The third kappa shape index (κ3) is 2.06. The molecule has 0 aliphatic carbocycles. The van der Waals surface area contributed by atoms with Crippen molar-refractivity contribution >= 4 is 11.5 Å². The van der Waals surface area contributed by atoms with Crippen LogP contribution in [0.2, 0.25) is 0 Å². The van der Waals surface area contributed by atoms with E-state index in [1.807, 2.05) is 24.3 Å². The Kier molecular flexibility index (Phi) is 2.92.